The van der Waals surface area contributed by atoms with Crippen LogP contribution in [0.3, 0.4) is 0 Å². The Morgan fingerprint density at radius 3 is 2.94 bits per heavy atom. The number of rotatable bonds is 4. The van der Waals surface area contributed by atoms with E-state index in [9.17, 15) is 0 Å². The molecule has 0 aromatic carbocycles. The first-order chi connectivity index (χ1) is 7.75. The Hall–Kier alpha value is -0.870. The zero-order valence-electron chi connectivity index (χ0n) is 9.03. The molecule has 0 bridgehead atoms. The van der Waals surface area contributed by atoms with Gasteiger partial charge in [0, 0.05) is 17.6 Å². The third-order valence-electron chi connectivity index (χ3n) is 2.30. The van der Waals surface area contributed by atoms with Crippen molar-refractivity contribution in [3.8, 4) is 0 Å². The van der Waals surface area contributed by atoms with Gasteiger partial charge < -0.3 is 5.32 Å². The summed E-state index contributed by atoms with van der Waals surface area (Å²) in [5.41, 5.74) is 1.19. The Morgan fingerprint density at radius 2 is 2.25 bits per heavy atom. The van der Waals surface area contributed by atoms with Crippen molar-refractivity contribution in [3.05, 3.63) is 44.7 Å². The number of halogens is 1. The number of hydrogen-bond acceptors (Lipinski definition) is 3. The second-order valence-corrected chi connectivity index (χ2v) is 6.10. The number of nitrogens with zero attached hydrogens (tertiary/aromatic N) is 1. The number of thiophene rings is 1. The van der Waals surface area contributed by atoms with Crippen molar-refractivity contribution >= 4 is 33.1 Å². The van der Waals surface area contributed by atoms with E-state index in [1.165, 1.54) is 14.2 Å². The molecule has 0 aliphatic rings. The first-order valence-electron chi connectivity index (χ1n) is 5.15. The van der Waals surface area contributed by atoms with Gasteiger partial charge in [-0.05, 0) is 53.0 Å². The second-order valence-electron chi connectivity index (χ2n) is 3.55. The molecule has 2 aromatic heterocycles. The Kier molecular flexibility index (Phi) is 3.96. The van der Waals surface area contributed by atoms with Gasteiger partial charge in [-0.2, -0.15) is 0 Å². The van der Waals surface area contributed by atoms with Crippen LogP contribution in [0, 0.1) is 6.92 Å². The highest BCUT2D eigenvalue weighted by Crippen LogP contribution is 2.22. The lowest BCUT2D eigenvalue weighted by Crippen LogP contribution is -2.06. The summed E-state index contributed by atoms with van der Waals surface area (Å²) in [7, 11) is 0. The smallest absolute Gasteiger partial charge is 0.128 e. The highest BCUT2D eigenvalue weighted by atomic mass is 79.9. The van der Waals surface area contributed by atoms with Crippen LogP contribution in [-0.4, -0.2) is 11.5 Å². The fourth-order valence-corrected chi connectivity index (χ4v) is 2.94. The summed E-state index contributed by atoms with van der Waals surface area (Å²) in [5, 5.41) is 3.35. The van der Waals surface area contributed by atoms with Crippen molar-refractivity contribution in [1.29, 1.82) is 0 Å². The maximum Gasteiger partial charge on any atom is 0.128 e. The number of hydrogen-bond donors (Lipinski definition) is 1. The van der Waals surface area contributed by atoms with Gasteiger partial charge in [0.1, 0.15) is 5.82 Å². The van der Waals surface area contributed by atoms with Crippen molar-refractivity contribution < 1.29 is 0 Å². The van der Waals surface area contributed by atoms with Gasteiger partial charge in [0.25, 0.3) is 0 Å². The topological polar surface area (TPSA) is 24.9 Å². The summed E-state index contributed by atoms with van der Waals surface area (Å²) < 4.78 is 1.19. The summed E-state index contributed by atoms with van der Waals surface area (Å²) in [6, 6.07) is 8.27. The standard InChI is InChI=1S/C12H13BrN2S/c1-9-3-2-7-14-12(9)15-8-6-10-4-5-11(13)16-10/h2-5,7H,6,8H2,1H3,(H,14,15). The molecule has 0 fully saturated rings. The molecule has 2 nitrogen and oxygen atoms in total. The molecule has 0 saturated carbocycles. The van der Waals surface area contributed by atoms with E-state index in [1.54, 1.807) is 11.3 Å². The fraction of sp³-hybridized carbons (Fsp3) is 0.250. The van der Waals surface area contributed by atoms with Crippen LogP contribution >= 0.6 is 27.3 Å². The minimum Gasteiger partial charge on any atom is -0.369 e. The molecular formula is C12H13BrN2S. The van der Waals surface area contributed by atoms with Crippen molar-refractivity contribution in [2.75, 3.05) is 11.9 Å². The van der Waals surface area contributed by atoms with Crippen LogP contribution in [0.4, 0.5) is 5.82 Å². The molecule has 2 heterocycles. The maximum atomic E-state index is 4.30. The minimum absolute atomic E-state index is 0.921. The number of nitrogens with one attached hydrogen (secondary N) is 1. The third kappa shape index (κ3) is 3.06. The van der Waals surface area contributed by atoms with Crippen LogP contribution in [0.2, 0.25) is 0 Å². The molecule has 2 rings (SSSR count). The van der Waals surface area contributed by atoms with Gasteiger partial charge in [0.05, 0.1) is 3.79 Å². The third-order valence-corrected chi connectivity index (χ3v) is 3.99. The first kappa shape index (κ1) is 11.6. The molecule has 1 N–H and O–H groups in total. The number of aromatic nitrogens is 1. The van der Waals surface area contributed by atoms with Gasteiger partial charge in [-0.1, -0.05) is 6.07 Å². The molecule has 0 atom stereocenters. The van der Waals surface area contributed by atoms with Gasteiger partial charge in [-0.3, -0.25) is 0 Å². The second kappa shape index (κ2) is 5.46. The Balaban J connectivity index is 1.87. The van der Waals surface area contributed by atoms with E-state index in [4.69, 9.17) is 0 Å². The average Bonchev–Trinajstić information content (AvgIpc) is 2.67. The van der Waals surface area contributed by atoms with Crippen LogP contribution in [-0.2, 0) is 6.42 Å². The largest absolute Gasteiger partial charge is 0.369 e. The normalized spacial score (nSPS) is 10.4. The SMILES string of the molecule is Cc1cccnc1NCCc1ccc(Br)s1. The van der Waals surface area contributed by atoms with Gasteiger partial charge in [0.2, 0.25) is 0 Å². The van der Waals surface area contributed by atoms with Gasteiger partial charge >= 0.3 is 0 Å². The lowest BCUT2D eigenvalue weighted by atomic mass is 10.3. The lowest BCUT2D eigenvalue weighted by molar-refractivity contribution is 1.02. The van der Waals surface area contributed by atoms with Crippen molar-refractivity contribution in [1.82, 2.24) is 4.98 Å². The Morgan fingerprint density at radius 1 is 1.38 bits per heavy atom. The van der Waals surface area contributed by atoms with E-state index >= 15 is 0 Å². The van der Waals surface area contributed by atoms with E-state index in [0.717, 1.165) is 18.8 Å². The molecule has 0 amide bonds. The number of pyridine rings is 1. The monoisotopic (exact) mass is 296 g/mol. The molecule has 16 heavy (non-hydrogen) atoms. The molecule has 4 heteroatoms. The van der Waals surface area contributed by atoms with E-state index in [0.29, 0.717) is 0 Å². The summed E-state index contributed by atoms with van der Waals surface area (Å²) in [6.45, 7) is 2.99. The minimum atomic E-state index is 0.921. The molecule has 0 spiro atoms. The number of aryl methyl sites for hydroxylation is 1. The Bertz CT molecular complexity index is 468. The van der Waals surface area contributed by atoms with E-state index < -0.39 is 0 Å². The van der Waals surface area contributed by atoms with Crippen LogP contribution in [0.15, 0.2) is 34.2 Å². The van der Waals surface area contributed by atoms with Crippen LogP contribution in [0.1, 0.15) is 10.4 Å². The Labute approximate surface area is 108 Å². The highest BCUT2D eigenvalue weighted by molar-refractivity contribution is 9.11. The van der Waals surface area contributed by atoms with Crippen LogP contribution < -0.4 is 5.32 Å². The van der Waals surface area contributed by atoms with E-state index in [1.807, 2.05) is 12.3 Å². The average molecular weight is 297 g/mol. The van der Waals surface area contributed by atoms with Gasteiger partial charge in [-0.15, -0.1) is 11.3 Å². The van der Waals surface area contributed by atoms with Crippen molar-refractivity contribution in [3.63, 3.8) is 0 Å². The zero-order chi connectivity index (χ0) is 11.4. The molecular weight excluding hydrogens is 284 g/mol. The van der Waals surface area contributed by atoms with Gasteiger partial charge in [-0.25, -0.2) is 4.98 Å². The molecule has 0 unspecified atom stereocenters. The first-order valence-corrected chi connectivity index (χ1v) is 6.76. The summed E-state index contributed by atoms with van der Waals surface area (Å²) in [5.74, 6) is 0.984. The molecule has 0 aliphatic carbocycles. The highest BCUT2D eigenvalue weighted by Gasteiger charge is 1.99. The molecule has 2 aromatic rings. The van der Waals surface area contributed by atoms with Crippen LogP contribution in [0.25, 0.3) is 0 Å². The molecule has 0 saturated heterocycles. The lowest BCUT2D eigenvalue weighted by Gasteiger charge is -2.06. The number of anilines is 1. The van der Waals surface area contributed by atoms with Crippen molar-refractivity contribution in [2.45, 2.75) is 13.3 Å². The summed E-state index contributed by atoms with van der Waals surface area (Å²) in [4.78, 5) is 5.68. The quantitative estimate of drug-likeness (QED) is 0.926. The van der Waals surface area contributed by atoms with Gasteiger partial charge in [0.15, 0.2) is 0 Å². The van der Waals surface area contributed by atoms with E-state index in [-0.39, 0.29) is 0 Å². The predicted octanol–water partition coefficient (Wildman–Crippen LogP) is 3.87. The fourth-order valence-electron chi connectivity index (χ4n) is 1.46. The maximum absolute atomic E-state index is 4.30. The van der Waals surface area contributed by atoms with Crippen LogP contribution in [0.5, 0.6) is 0 Å². The molecule has 0 aliphatic heterocycles. The summed E-state index contributed by atoms with van der Waals surface area (Å²) in [6.07, 6.45) is 2.85. The summed E-state index contributed by atoms with van der Waals surface area (Å²) >= 11 is 5.25. The molecule has 84 valence electrons. The zero-order valence-corrected chi connectivity index (χ0v) is 11.4. The van der Waals surface area contributed by atoms with Crippen molar-refractivity contribution in [2.24, 2.45) is 0 Å². The molecule has 0 radical (unpaired) electrons. The van der Waals surface area contributed by atoms with E-state index in [2.05, 4.69) is 51.4 Å². The predicted molar refractivity (Wildman–Crippen MR) is 73.2 cm³/mol.